The normalized spacial score (nSPS) is 23.0. The van der Waals surface area contributed by atoms with E-state index in [1.807, 2.05) is 39.0 Å². The summed E-state index contributed by atoms with van der Waals surface area (Å²) in [4.78, 5) is 64.7. The summed E-state index contributed by atoms with van der Waals surface area (Å²) in [5.74, 6) is 0.407. The quantitative estimate of drug-likeness (QED) is 0.140. The SMILES string of the molecule is CC(C)(C)C(NC(=O)COCCN1CCN(c2ccc(C(=O)NC3C(C)(C)C(Oc4ccc(C#N)c(Cl)c4)C3(C)C)cn2)CC1)C(=O)N1C[C@H](O)C[C@H]1C(=O)NCc1ccc(C2CCOCC2)cc1. The molecule has 1 aliphatic carbocycles. The molecule has 3 atom stereocenters. The molecule has 4 aliphatic rings. The molecule has 0 radical (unpaired) electrons. The van der Waals surface area contributed by atoms with Gasteiger partial charge < -0.3 is 45.1 Å². The van der Waals surface area contributed by atoms with Crippen LogP contribution in [0.15, 0.2) is 60.8 Å². The number of aromatic nitrogens is 1. The fourth-order valence-corrected chi connectivity index (χ4v) is 10.9. The van der Waals surface area contributed by atoms with Gasteiger partial charge in [-0.1, -0.05) is 84.3 Å². The molecule has 4 fully saturated rings. The van der Waals surface area contributed by atoms with Crippen LogP contribution in [0.3, 0.4) is 0 Å². The van der Waals surface area contributed by atoms with Crippen LogP contribution in [0, 0.1) is 27.6 Å². The molecule has 16 nitrogen and oxygen atoms in total. The Labute approximate surface area is 411 Å². The summed E-state index contributed by atoms with van der Waals surface area (Å²) in [6.45, 7) is 19.3. The first-order valence-corrected chi connectivity index (χ1v) is 24.5. The monoisotopic (exact) mass is 968 g/mol. The maximum Gasteiger partial charge on any atom is 0.253 e. The van der Waals surface area contributed by atoms with Crippen molar-refractivity contribution in [3.8, 4) is 11.8 Å². The molecule has 2 aromatic carbocycles. The number of hydrogen-bond acceptors (Lipinski definition) is 12. The van der Waals surface area contributed by atoms with Crippen molar-refractivity contribution in [2.45, 2.75) is 111 Å². The van der Waals surface area contributed by atoms with Gasteiger partial charge in [-0.05, 0) is 59.6 Å². The minimum atomic E-state index is -0.949. The van der Waals surface area contributed by atoms with Gasteiger partial charge in [0.2, 0.25) is 17.7 Å². The fraction of sp³-hybridized carbons (Fsp3) is 0.577. The van der Waals surface area contributed by atoms with Crippen molar-refractivity contribution in [2.75, 3.05) is 70.6 Å². The molecule has 3 aliphatic heterocycles. The van der Waals surface area contributed by atoms with E-state index < -0.39 is 46.2 Å². The highest BCUT2D eigenvalue weighted by Gasteiger charge is 2.64. The lowest BCUT2D eigenvalue weighted by molar-refractivity contribution is -0.164. The summed E-state index contributed by atoms with van der Waals surface area (Å²) in [6, 6.07) is 17.0. The summed E-state index contributed by atoms with van der Waals surface area (Å²) in [6.07, 6.45) is 2.63. The number of ether oxygens (including phenoxy) is 3. The van der Waals surface area contributed by atoms with Crippen LogP contribution < -0.4 is 25.6 Å². The molecule has 4 heterocycles. The van der Waals surface area contributed by atoms with Crippen molar-refractivity contribution in [2.24, 2.45) is 16.2 Å². The topological polar surface area (TPSA) is 199 Å². The number of likely N-dealkylation sites (tertiary alicyclic amines) is 1. The predicted molar refractivity (Wildman–Crippen MR) is 262 cm³/mol. The molecule has 3 aromatic rings. The Morgan fingerprint density at radius 3 is 2.30 bits per heavy atom. The molecule has 0 bridgehead atoms. The lowest BCUT2D eigenvalue weighted by Gasteiger charge is -2.63. The molecule has 17 heteroatoms. The number of aliphatic hydroxyl groups is 1. The molecule has 1 unspecified atom stereocenters. The van der Waals surface area contributed by atoms with E-state index in [4.69, 9.17) is 25.8 Å². The number of β-amino-alcohol motifs (C(OH)–C–C–N with tert-alkyl or cyclic N) is 1. The van der Waals surface area contributed by atoms with Crippen LogP contribution in [0.4, 0.5) is 5.82 Å². The molecular weight excluding hydrogens is 900 g/mol. The number of carbonyl (C=O) groups is 4. The zero-order valence-corrected chi connectivity index (χ0v) is 41.8. The number of carbonyl (C=O) groups excluding carboxylic acids is 4. The van der Waals surface area contributed by atoms with Crippen molar-refractivity contribution >= 4 is 41.0 Å². The summed E-state index contributed by atoms with van der Waals surface area (Å²) < 4.78 is 17.7. The van der Waals surface area contributed by atoms with Crippen LogP contribution in [0.5, 0.6) is 5.75 Å². The molecule has 3 saturated heterocycles. The largest absolute Gasteiger partial charge is 0.489 e. The number of hydrogen-bond donors (Lipinski definition) is 4. The third-order valence-corrected chi connectivity index (χ3v) is 14.7. The van der Waals surface area contributed by atoms with Gasteiger partial charge in [0.1, 0.15) is 42.4 Å². The van der Waals surface area contributed by atoms with E-state index in [2.05, 4.69) is 76.6 Å². The first-order chi connectivity index (χ1) is 32.8. The fourth-order valence-electron chi connectivity index (χ4n) is 10.6. The van der Waals surface area contributed by atoms with Crippen molar-refractivity contribution in [3.05, 3.63) is 88.1 Å². The van der Waals surface area contributed by atoms with Crippen molar-refractivity contribution in [1.29, 1.82) is 5.26 Å². The molecule has 4 N–H and O–H groups in total. The third-order valence-electron chi connectivity index (χ3n) is 14.3. The van der Waals surface area contributed by atoms with Gasteiger partial charge in [0, 0.05) is 94.6 Å². The molecule has 7 rings (SSSR count). The number of aliphatic hydroxyl groups excluding tert-OH is 1. The highest BCUT2D eigenvalue weighted by atomic mass is 35.5. The number of piperazine rings is 1. The van der Waals surface area contributed by atoms with Gasteiger partial charge in [-0.25, -0.2) is 4.98 Å². The number of anilines is 1. The second kappa shape index (κ2) is 21.8. The third kappa shape index (κ3) is 12.2. The number of pyridine rings is 1. The van der Waals surface area contributed by atoms with Crippen molar-refractivity contribution in [3.63, 3.8) is 0 Å². The Morgan fingerprint density at radius 1 is 0.986 bits per heavy atom. The second-order valence-electron chi connectivity index (χ2n) is 21.2. The van der Waals surface area contributed by atoms with Gasteiger partial charge in [-0.2, -0.15) is 5.26 Å². The highest BCUT2D eigenvalue weighted by molar-refractivity contribution is 6.31. The Kier molecular flexibility index (Phi) is 16.3. The zero-order chi connectivity index (χ0) is 49.7. The number of amides is 4. The average molecular weight is 970 g/mol. The molecule has 4 amide bonds. The van der Waals surface area contributed by atoms with Crippen LogP contribution in [0.1, 0.15) is 101 Å². The summed E-state index contributed by atoms with van der Waals surface area (Å²) >= 11 is 6.25. The second-order valence-corrected chi connectivity index (χ2v) is 21.6. The number of nitriles is 1. The van der Waals surface area contributed by atoms with Crippen LogP contribution in [-0.4, -0.2) is 140 Å². The summed E-state index contributed by atoms with van der Waals surface area (Å²) in [7, 11) is 0. The number of nitrogens with zero attached hydrogens (tertiary/aromatic N) is 5. The van der Waals surface area contributed by atoms with E-state index >= 15 is 0 Å². The van der Waals surface area contributed by atoms with Crippen LogP contribution in [0.2, 0.25) is 5.02 Å². The number of halogens is 1. The standard InChI is InChI=1S/C52H69ClN8O8/c1-50(2,3)44(47(66)61-31-38(62)26-41(61)46(65)56-29-33-8-10-34(11-9-33)35-16-23-67-24-17-35)57-43(63)32-68-25-22-59-18-20-60(21-19-59)42-15-13-37(30-55-42)45(64)58-48-51(4,5)49(52(48,6)7)69-39-14-12-36(28-54)40(53)27-39/h8-15,27,30,35,38,41,44,48-49,62H,16-26,29,31-32H2,1-7H3,(H,56,65)(H,57,63)(H,58,64)/t38-,41+,44?,48?,49?/m1/s1. The van der Waals surface area contributed by atoms with Gasteiger partial charge in [-0.15, -0.1) is 0 Å². The van der Waals surface area contributed by atoms with Crippen LogP contribution in [-0.2, 0) is 30.4 Å². The smallest absolute Gasteiger partial charge is 0.253 e. The Hall–Kier alpha value is -5.31. The van der Waals surface area contributed by atoms with Gasteiger partial charge >= 0.3 is 0 Å². The molecule has 1 aromatic heterocycles. The number of benzene rings is 2. The predicted octanol–water partition coefficient (Wildman–Crippen LogP) is 5.06. The lowest BCUT2D eigenvalue weighted by atomic mass is 9.49. The Bertz CT molecular complexity index is 2320. The summed E-state index contributed by atoms with van der Waals surface area (Å²) in [5, 5.41) is 29.2. The first kappa shape index (κ1) is 51.5. The molecular formula is C52H69ClN8O8. The van der Waals surface area contributed by atoms with E-state index in [0.29, 0.717) is 47.5 Å². The number of nitrogens with one attached hydrogen (secondary N) is 3. The van der Waals surface area contributed by atoms with E-state index in [1.165, 1.54) is 10.5 Å². The summed E-state index contributed by atoms with van der Waals surface area (Å²) in [5.41, 5.74) is 1.57. The minimum absolute atomic E-state index is 0.00258. The molecule has 1 saturated carbocycles. The lowest BCUT2D eigenvalue weighted by Crippen LogP contribution is -2.74. The van der Waals surface area contributed by atoms with E-state index in [1.54, 1.807) is 30.5 Å². The van der Waals surface area contributed by atoms with Crippen LogP contribution in [0.25, 0.3) is 0 Å². The Balaban J connectivity index is 0.818. The average Bonchev–Trinajstić information content (AvgIpc) is 3.73. The maximum atomic E-state index is 14.1. The van der Waals surface area contributed by atoms with Gasteiger partial charge in [-0.3, -0.25) is 24.1 Å². The highest BCUT2D eigenvalue weighted by Crippen LogP contribution is 2.55. The molecule has 69 heavy (non-hydrogen) atoms. The molecule has 0 spiro atoms. The number of rotatable bonds is 16. The minimum Gasteiger partial charge on any atom is -0.489 e. The Morgan fingerprint density at radius 2 is 1.68 bits per heavy atom. The van der Waals surface area contributed by atoms with Gasteiger partial charge in [0.05, 0.1) is 28.9 Å². The van der Waals surface area contributed by atoms with E-state index in [-0.39, 0.29) is 43.5 Å². The van der Waals surface area contributed by atoms with Gasteiger partial charge in [0.25, 0.3) is 5.91 Å². The van der Waals surface area contributed by atoms with E-state index in [9.17, 15) is 29.5 Å². The van der Waals surface area contributed by atoms with Crippen molar-refractivity contribution in [1.82, 2.24) is 30.7 Å². The van der Waals surface area contributed by atoms with Crippen LogP contribution >= 0.6 is 11.6 Å². The van der Waals surface area contributed by atoms with Crippen molar-refractivity contribution < 1.29 is 38.5 Å². The van der Waals surface area contributed by atoms with E-state index in [0.717, 1.165) is 63.6 Å². The van der Waals surface area contributed by atoms with Gasteiger partial charge in [0.15, 0.2) is 0 Å². The first-order valence-electron chi connectivity index (χ1n) is 24.2. The molecule has 372 valence electrons. The maximum absolute atomic E-state index is 14.1. The zero-order valence-electron chi connectivity index (χ0n) is 41.1.